The smallest absolute Gasteiger partial charge is 0.409 e. The van der Waals surface area contributed by atoms with Gasteiger partial charge in [-0.15, -0.1) is 0 Å². The van der Waals surface area contributed by atoms with Crippen molar-refractivity contribution in [1.29, 1.82) is 0 Å². The van der Waals surface area contributed by atoms with Gasteiger partial charge >= 0.3 is 6.09 Å². The Kier molecular flexibility index (Phi) is 3.71. The Balaban J connectivity index is 1.72. The van der Waals surface area contributed by atoms with Crippen LogP contribution in [0.1, 0.15) is 25.3 Å². The lowest BCUT2D eigenvalue weighted by molar-refractivity contribution is 0.0879. The molecule has 21 heavy (non-hydrogen) atoms. The van der Waals surface area contributed by atoms with Gasteiger partial charge in [0.25, 0.3) is 0 Å². The number of nitrogens with zero attached hydrogens (tertiary/aromatic N) is 1. The number of benzene rings is 1. The van der Waals surface area contributed by atoms with Gasteiger partial charge in [-0.25, -0.2) is 4.79 Å². The van der Waals surface area contributed by atoms with Gasteiger partial charge in [0.05, 0.1) is 6.61 Å². The molecule has 2 aliphatic heterocycles. The first-order valence-corrected chi connectivity index (χ1v) is 7.66. The number of carbonyl (C=O) groups excluding carboxylic acids is 1. The summed E-state index contributed by atoms with van der Waals surface area (Å²) >= 11 is 5.48. The molecular weight excluding hydrogens is 286 g/mol. The van der Waals surface area contributed by atoms with Crippen LogP contribution >= 0.6 is 12.2 Å². The molecule has 2 N–H and O–H groups in total. The highest BCUT2D eigenvalue weighted by Gasteiger charge is 2.39. The number of rotatable bonds is 1. The second-order valence-corrected chi connectivity index (χ2v) is 5.80. The number of likely N-dealkylation sites (tertiary alicyclic amines) is 1. The number of thiocarbonyl (C=S) groups is 1. The Morgan fingerprint density at radius 3 is 2.76 bits per heavy atom. The molecule has 0 bridgehead atoms. The van der Waals surface area contributed by atoms with Crippen molar-refractivity contribution in [2.75, 3.05) is 25.0 Å². The molecule has 5 nitrogen and oxygen atoms in total. The third-order valence-electron chi connectivity index (χ3n) is 4.04. The largest absolute Gasteiger partial charge is 0.450 e. The molecule has 0 aromatic heterocycles. The molecule has 1 spiro atoms. The zero-order valence-corrected chi connectivity index (χ0v) is 12.8. The Morgan fingerprint density at radius 1 is 1.33 bits per heavy atom. The van der Waals surface area contributed by atoms with Crippen LogP contribution in [0.2, 0.25) is 0 Å². The molecule has 1 aromatic rings. The topological polar surface area (TPSA) is 53.6 Å². The summed E-state index contributed by atoms with van der Waals surface area (Å²) in [6, 6.07) is 8.04. The SMILES string of the molecule is CCOC(=O)N1CCC2(CC1)NC(=S)c1ccccc1N2. The number of fused-ring (bicyclic) bond motifs is 1. The molecular formula is C15H19N3O2S. The number of para-hydroxylation sites is 1. The molecule has 1 amide bonds. The minimum atomic E-state index is -0.256. The van der Waals surface area contributed by atoms with Crippen molar-refractivity contribution in [3.8, 4) is 0 Å². The second-order valence-electron chi connectivity index (χ2n) is 5.39. The molecule has 0 atom stereocenters. The fraction of sp³-hybridized carbons (Fsp3) is 0.467. The molecule has 6 heteroatoms. The van der Waals surface area contributed by atoms with E-state index in [-0.39, 0.29) is 11.8 Å². The number of nitrogens with one attached hydrogen (secondary N) is 2. The maximum Gasteiger partial charge on any atom is 0.409 e. The fourth-order valence-electron chi connectivity index (χ4n) is 2.90. The maximum absolute atomic E-state index is 11.8. The highest BCUT2D eigenvalue weighted by Crippen LogP contribution is 2.31. The number of anilines is 1. The Labute approximate surface area is 129 Å². The third-order valence-corrected chi connectivity index (χ3v) is 4.36. The minimum absolute atomic E-state index is 0.230. The summed E-state index contributed by atoms with van der Waals surface area (Å²) in [6.45, 7) is 3.55. The molecule has 1 aromatic carbocycles. The maximum atomic E-state index is 11.8. The average molecular weight is 305 g/mol. The van der Waals surface area contributed by atoms with Crippen molar-refractivity contribution in [2.24, 2.45) is 0 Å². The van der Waals surface area contributed by atoms with E-state index in [9.17, 15) is 4.79 Å². The van der Waals surface area contributed by atoms with Crippen LogP contribution in [-0.2, 0) is 4.74 Å². The summed E-state index contributed by atoms with van der Waals surface area (Å²) < 4.78 is 5.05. The molecule has 0 aliphatic carbocycles. The van der Waals surface area contributed by atoms with Gasteiger partial charge in [0, 0.05) is 37.2 Å². The highest BCUT2D eigenvalue weighted by molar-refractivity contribution is 7.80. The standard InChI is InChI=1S/C15H19N3O2S/c1-2-20-14(19)18-9-7-15(8-10-18)16-12-6-4-3-5-11(12)13(21)17-15/h3-6,16H,2,7-10H2,1H3,(H,17,21). The Bertz CT molecular complexity index is 568. The van der Waals surface area contributed by atoms with Crippen LogP contribution in [0.4, 0.5) is 10.5 Å². The van der Waals surface area contributed by atoms with Crippen molar-refractivity contribution in [1.82, 2.24) is 10.2 Å². The third kappa shape index (κ3) is 2.68. The highest BCUT2D eigenvalue weighted by atomic mass is 32.1. The van der Waals surface area contributed by atoms with E-state index in [1.54, 1.807) is 4.90 Å². The number of carbonyl (C=O) groups is 1. The lowest BCUT2D eigenvalue weighted by Crippen LogP contribution is -2.62. The van der Waals surface area contributed by atoms with Crippen LogP contribution in [0, 0.1) is 0 Å². The number of hydrogen-bond donors (Lipinski definition) is 2. The van der Waals surface area contributed by atoms with Gasteiger partial charge < -0.3 is 20.3 Å². The Morgan fingerprint density at radius 2 is 2.05 bits per heavy atom. The van der Waals surface area contributed by atoms with Crippen molar-refractivity contribution in [3.63, 3.8) is 0 Å². The van der Waals surface area contributed by atoms with Gasteiger partial charge in [-0.1, -0.05) is 24.4 Å². The summed E-state index contributed by atoms with van der Waals surface area (Å²) in [5, 5.41) is 6.98. The number of amides is 1. The first kappa shape index (κ1) is 14.1. The summed E-state index contributed by atoms with van der Waals surface area (Å²) in [5.41, 5.74) is 1.84. The minimum Gasteiger partial charge on any atom is -0.450 e. The second kappa shape index (κ2) is 5.52. The molecule has 1 saturated heterocycles. The van der Waals surface area contributed by atoms with Gasteiger partial charge in [-0.3, -0.25) is 0 Å². The summed E-state index contributed by atoms with van der Waals surface area (Å²) in [5.74, 6) is 0. The summed E-state index contributed by atoms with van der Waals surface area (Å²) in [4.78, 5) is 14.3. The molecule has 0 unspecified atom stereocenters. The van der Waals surface area contributed by atoms with E-state index < -0.39 is 0 Å². The molecule has 2 heterocycles. The van der Waals surface area contributed by atoms with E-state index in [0.717, 1.165) is 29.1 Å². The van der Waals surface area contributed by atoms with Crippen molar-refractivity contribution in [3.05, 3.63) is 29.8 Å². The first-order chi connectivity index (χ1) is 10.1. The van der Waals surface area contributed by atoms with Crippen molar-refractivity contribution >= 4 is 29.0 Å². The van der Waals surface area contributed by atoms with Crippen LogP contribution in [0.15, 0.2) is 24.3 Å². The normalized spacial score (nSPS) is 19.5. The van der Waals surface area contributed by atoms with Crippen LogP contribution in [0.25, 0.3) is 0 Å². The van der Waals surface area contributed by atoms with Crippen LogP contribution < -0.4 is 10.6 Å². The van der Waals surface area contributed by atoms with E-state index in [1.807, 2.05) is 31.2 Å². The molecule has 0 saturated carbocycles. The summed E-state index contributed by atoms with van der Waals surface area (Å²) in [6.07, 6.45) is 1.35. The van der Waals surface area contributed by atoms with Crippen molar-refractivity contribution in [2.45, 2.75) is 25.4 Å². The molecule has 3 rings (SSSR count). The molecule has 0 radical (unpaired) electrons. The molecule has 1 fully saturated rings. The van der Waals surface area contributed by atoms with E-state index in [1.165, 1.54) is 0 Å². The summed E-state index contributed by atoms with van der Waals surface area (Å²) in [7, 11) is 0. The van der Waals surface area contributed by atoms with Gasteiger partial charge in [0.2, 0.25) is 0 Å². The van der Waals surface area contributed by atoms with E-state index in [0.29, 0.717) is 19.7 Å². The average Bonchev–Trinajstić information content (AvgIpc) is 2.48. The van der Waals surface area contributed by atoms with Crippen LogP contribution in [0.3, 0.4) is 0 Å². The predicted octanol–water partition coefficient (Wildman–Crippen LogP) is 2.33. The van der Waals surface area contributed by atoms with Crippen molar-refractivity contribution < 1.29 is 9.53 Å². The van der Waals surface area contributed by atoms with Gasteiger partial charge in [-0.2, -0.15) is 0 Å². The molecule has 112 valence electrons. The van der Waals surface area contributed by atoms with E-state index in [2.05, 4.69) is 10.6 Å². The van der Waals surface area contributed by atoms with Gasteiger partial charge in [-0.05, 0) is 19.1 Å². The zero-order valence-electron chi connectivity index (χ0n) is 12.0. The quantitative estimate of drug-likeness (QED) is 0.780. The van der Waals surface area contributed by atoms with E-state index >= 15 is 0 Å². The predicted molar refractivity (Wildman–Crippen MR) is 85.5 cm³/mol. The zero-order chi connectivity index (χ0) is 14.9. The number of piperidine rings is 1. The van der Waals surface area contributed by atoms with Gasteiger partial charge in [0.1, 0.15) is 10.7 Å². The monoisotopic (exact) mass is 305 g/mol. The number of hydrogen-bond acceptors (Lipinski definition) is 4. The van der Waals surface area contributed by atoms with Crippen LogP contribution in [0.5, 0.6) is 0 Å². The Hall–Kier alpha value is -1.82. The van der Waals surface area contributed by atoms with Crippen LogP contribution in [-0.4, -0.2) is 41.3 Å². The van der Waals surface area contributed by atoms with E-state index in [4.69, 9.17) is 17.0 Å². The molecule has 2 aliphatic rings. The lowest BCUT2D eigenvalue weighted by Gasteiger charge is -2.46. The first-order valence-electron chi connectivity index (χ1n) is 7.25. The lowest BCUT2D eigenvalue weighted by atomic mass is 9.93. The van der Waals surface area contributed by atoms with Gasteiger partial charge in [0.15, 0.2) is 0 Å². The fourth-order valence-corrected chi connectivity index (χ4v) is 3.27. The number of ether oxygens (including phenoxy) is 1.